The van der Waals surface area contributed by atoms with Crippen molar-refractivity contribution in [1.29, 1.82) is 0 Å². The molecule has 2 heterocycles. The second-order valence-electron chi connectivity index (χ2n) is 6.30. The van der Waals surface area contributed by atoms with E-state index in [4.69, 9.17) is 14.2 Å². The number of nitrogens with one attached hydrogen (secondary N) is 2. The minimum Gasteiger partial charge on any atom is -0.491 e. The fraction of sp³-hybridized carbons (Fsp3) is 0.588. The van der Waals surface area contributed by atoms with Crippen LogP contribution in [0.2, 0.25) is 0 Å². The number of aliphatic hydroxyl groups is 1. The van der Waals surface area contributed by atoms with Crippen molar-refractivity contribution in [3.8, 4) is 17.2 Å². The summed E-state index contributed by atoms with van der Waals surface area (Å²) in [6.07, 6.45) is 0.897. The predicted molar refractivity (Wildman–Crippen MR) is 87.3 cm³/mol. The number of hydrogen-bond donors (Lipinski definition) is 3. The number of carbonyl (C=O) groups excluding carboxylic acids is 1. The highest BCUT2D eigenvalue weighted by Crippen LogP contribution is 2.35. The molecule has 0 saturated carbocycles. The molecule has 3 N–H and O–H groups in total. The molecule has 1 saturated heterocycles. The molecule has 132 valence electrons. The second-order valence-corrected chi connectivity index (χ2v) is 6.30. The van der Waals surface area contributed by atoms with Crippen LogP contribution < -0.4 is 24.8 Å². The zero-order valence-corrected chi connectivity index (χ0v) is 13.8. The number of hydrogen-bond acceptors (Lipinski definition) is 6. The Morgan fingerprint density at radius 2 is 2.29 bits per heavy atom. The third-order valence-corrected chi connectivity index (χ3v) is 4.29. The van der Waals surface area contributed by atoms with E-state index in [1.807, 2.05) is 0 Å². The number of rotatable bonds is 6. The Balaban J connectivity index is 1.39. The molecule has 1 fully saturated rings. The van der Waals surface area contributed by atoms with Crippen LogP contribution in [0.3, 0.4) is 0 Å². The van der Waals surface area contributed by atoms with Crippen molar-refractivity contribution in [1.82, 2.24) is 10.6 Å². The summed E-state index contributed by atoms with van der Waals surface area (Å²) in [5.41, 5.74) is 0. The molecule has 1 amide bonds. The number of carbonyl (C=O) groups is 1. The molecular formula is C17H24N2O5. The van der Waals surface area contributed by atoms with Crippen LogP contribution in [0.4, 0.5) is 0 Å². The van der Waals surface area contributed by atoms with Gasteiger partial charge in [-0.2, -0.15) is 0 Å². The number of aliphatic hydroxyl groups excluding tert-OH is 1. The van der Waals surface area contributed by atoms with Gasteiger partial charge in [0.2, 0.25) is 12.7 Å². The molecule has 0 bridgehead atoms. The summed E-state index contributed by atoms with van der Waals surface area (Å²) in [6.45, 7) is 3.43. The predicted octanol–water partition coefficient (Wildman–Crippen LogP) is 0.659. The summed E-state index contributed by atoms with van der Waals surface area (Å²) in [4.78, 5) is 12.1. The van der Waals surface area contributed by atoms with Crippen LogP contribution in [0, 0.1) is 5.92 Å². The van der Waals surface area contributed by atoms with Gasteiger partial charge >= 0.3 is 0 Å². The van der Waals surface area contributed by atoms with Crippen molar-refractivity contribution in [3.05, 3.63) is 18.2 Å². The quantitative estimate of drug-likeness (QED) is 0.707. The third kappa shape index (κ3) is 4.30. The Labute approximate surface area is 141 Å². The van der Waals surface area contributed by atoms with Gasteiger partial charge in [-0.3, -0.25) is 4.79 Å². The van der Waals surface area contributed by atoms with Gasteiger partial charge in [0, 0.05) is 24.6 Å². The zero-order valence-electron chi connectivity index (χ0n) is 13.8. The number of ether oxygens (including phenoxy) is 3. The first-order valence-corrected chi connectivity index (χ1v) is 8.33. The zero-order chi connectivity index (χ0) is 16.9. The van der Waals surface area contributed by atoms with Gasteiger partial charge in [-0.25, -0.2) is 0 Å². The maximum Gasteiger partial charge on any atom is 0.231 e. The molecule has 3 atom stereocenters. The molecular weight excluding hydrogens is 312 g/mol. The molecule has 0 radical (unpaired) electrons. The maximum atomic E-state index is 12.1. The van der Waals surface area contributed by atoms with E-state index in [-0.39, 0.29) is 31.8 Å². The lowest BCUT2D eigenvalue weighted by atomic mass is 9.92. The van der Waals surface area contributed by atoms with Gasteiger partial charge in [-0.05, 0) is 38.4 Å². The summed E-state index contributed by atoms with van der Waals surface area (Å²) >= 11 is 0. The lowest BCUT2D eigenvalue weighted by Gasteiger charge is -2.27. The van der Waals surface area contributed by atoms with Crippen LogP contribution in [0.25, 0.3) is 0 Å². The summed E-state index contributed by atoms with van der Waals surface area (Å²) in [5.74, 6) is 1.94. The average Bonchev–Trinajstić information content (AvgIpc) is 3.05. The van der Waals surface area contributed by atoms with Crippen molar-refractivity contribution >= 4 is 5.91 Å². The van der Waals surface area contributed by atoms with Gasteiger partial charge < -0.3 is 30.0 Å². The minimum atomic E-state index is -0.765. The molecule has 1 aromatic rings. The van der Waals surface area contributed by atoms with Crippen molar-refractivity contribution in [2.45, 2.75) is 31.9 Å². The molecule has 1 aromatic carbocycles. The lowest BCUT2D eigenvalue weighted by Crippen LogP contribution is -2.44. The van der Waals surface area contributed by atoms with Crippen molar-refractivity contribution in [3.63, 3.8) is 0 Å². The molecule has 7 heteroatoms. The second kappa shape index (κ2) is 7.72. The Kier molecular flexibility index (Phi) is 5.42. The monoisotopic (exact) mass is 336 g/mol. The number of fused-ring (bicyclic) bond motifs is 1. The number of amides is 1. The van der Waals surface area contributed by atoms with Crippen LogP contribution >= 0.6 is 0 Å². The van der Waals surface area contributed by atoms with Crippen LogP contribution in [-0.2, 0) is 4.79 Å². The molecule has 2 aliphatic heterocycles. The largest absolute Gasteiger partial charge is 0.491 e. The highest BCUT2D eigenvalue weighted by molar-refractivity contribution is 5.78. The van der Waals surface area contributed by atoms with Gasteiger partial charge in [0.05, 0.1) is 0 Å². The van der Waals surface area contributed by atoms with E-state index in [0.717, 1.165) is 19.4 Å². The highest BCUT2D eigenvalue weighted by Gasteiger charge is 2.24. The van der Waals surface area contributed by atoms with E-state index in [0.29, 0.717) is 23.3 Å². The van der Waals surface area contributed by atoms with E-state index in [1.165, 1.54) is 0 Å². The Morgan fingerprint density at radius 1 is 1.46 bits per heavy atom. The van der Waals surface area contributed by atoms with E-state index in [1.54, 1.807) is 18.2 Å². The van der Waals surface area contributed by atoms with Gasteiger partial charge in [0.25, 0.3) is 0 Å². The number of piperidine rings is 1. The first-order valence-electron chi connectivity index (χ1n) is 8.33. The molecule has 0 spiro atoms. The molecule has 0 aromatic heterocycles. The summed E-state index contributed by atoms with van der Waals surface area (Å²) < 4.78 is 16.0. The van der Waals surface area contributed by atoms with E-state index >= 15 is 0 Å². The van der Waals surface area contributed by atoms with E-state index in [9.17, 15) is 9.90 Å². The van der Waals surface area contributed by atoms with Gasteiger partial charge in [-0.15, -0.1) is 0 Å². The van der Waals surface area contributed by atoms with Crippen LogP contribution in [0.5, 0.6) is 17.2 Å². The van der Waals surface area contributed by atoms with Crippen molar-refractivity contribution in [2.24, 2.45) is 5.92 Å². The van der Waals surface area contributed by atoms with Gasteiger partial charge in [0.1, 0.15) is 18.5 Å². The first-order chi connectivity index (χ1) is 11.6. The Bertz CT molecular complexity index is 580. The maximum absolute atomic E-state index is 12.1. The van der Waals surface area contributed by atoms with E-state index in [2.05, 4.69) is 17.6 Å². The molecule has 1 unspecified atom stereocenters. The molecule has 0 aliphatic carbocycles. The topological polar surface area (TPSA) is 89.1 Å². The standard InChI is InChI=1S/C17H24N2O5/c1-11-6-12(4-5-18-11)17(21)19-8-13(20)9-22-14-2-3-15-16(7-14)24-10-23-15/h2-3,7,11-13,18,20H,4-6,8-10H2,1H3,(H,19,21)/t11-,12-,13?/m0/s1. The van der Waals surface area contributed by atoms with Crippen LogP contribution in [0.15, 0.2) is 18.2 Å². The molecule has 24 heavy (non-hydrogen) atoms. The highest BCUT2D eigenvalue weighted by atomic mass is 16.7. The average molecular weight is 336 g/mol. The third-order valence-electron chi connectivity index (χ3n) is 4.29. The van der Waals surface area contributed by atoms with Gasteiger partial charge in [-0.1, -0.05) is 0 Å². The smallest absolute Gasteiger partial charge is 0.231 e. The van der Waals surface area contributed by atoms with Crippen LogP contribution in [-0.4, -0.2) is 49.6 Å². The first kappa shape index (κ1) is 16.9. The lowest BCUT2D eigenvalue weighted by molar-refractivity contribution is -0.126. The minimum absolute atomic E-state index is 0.00507. The Morgan fingerprint density at radius 3 is 3.12 bits per heavy atom. The fourth-order valence-corrected chi connectivity index (χ4v) is 2.95. The van der Waals surface area contributed by atoms with E-state index < -0.39 is 6.10 Å². The fourth-order valence-electron chi connectivity index (χ4n) is 2.95. The number of benzene rings is 1. The normalized spacial score (nSPS) is 23.6. The summed E-state index contributed by atoms with van der Waals surface area (Å²) in [6, 6.07) is 5.61. The molecule has 7 nitrogen and oxygen atoms in total. The van der Waals surface area contributed by atoms with Crippen molar-refractivity contribution < 1.29 is 24.1 Å². The summed E-state index contributed by atoms with van der Waals surface area (Å²) in [5, 5.41) is 16.1. The SMILES string of the molecule is C[C@H]1C[C@@H](C(=O)NCC(O)COc2ccc3c(c2)OCO3)CCN1. The van der Waals surface area contributed by atoms with Gasteiger partial charge in [0.15, 0.2) is 11.5 Å². The molecule has 3 rings (SSSR count). The Hall–Kier alpha value is -1.99. The van der Waals surface area contributed by atoms with Crippen molar-refractivity contribution in [2.75, 3.05) is 26.5 Å². The van der Waals surface area contributed by atoms with Crippen LogP contribution in [0.1, 0.15) is 19.8 Å². The summed E-state index contributed by atoms with van der Waals surface area (Å²) in [7, 11) is 0. The molecule has 2 aliphatic rings.